The highest BCUT2D eigenvalue weighted by Gasteiger charge is 2.75. The second kappa shape index (κ2) is 6.50. The minimum atomic E-state index is -1.40. The second-order valence-corrected chi connectivity index (χ2v) is 11.0. The molecule has 9 atom stereocenters. The summed E-state index contributed by atoms with van der Waals surface area (Å²) in [6.07, 6.45) is 2.42. The number of carbonyl (C=O) groups is 1. The Kier molecular flexibility index (Phi) is 4.47. The number of hydrogen-bond donors (Lipinski definition) is 4. The fourth-order valence-electron chi connectivity index (χ4n) is 8.08. The molecule has 0 spiro atoms. The molecule has 0 aliphatic heterocycles. The number of aliphatic hydroxyl groups is 4. The Labute approximate surface area is 181 Å². The maximum Gasteiger partial charge on any atom is 0.335 e. The van der Waals surface area contributed by atoms with E-state index in [9.17, 15) is 30.0 Å². The van der Waals surface area contributed by atoms with E-state index in [0.29, 0.717) is 44.1 Å². The third-order valence-corrected chi connectivity index (χ3v) is 9.94. The molecule has 7 heteroatoms. The molecule has 31 heavy (non-hydrogen) atoms. The lowest BCUT2D eigenvalue weighted by Crippen LogP contribution is -2.73. The van der Waals surface area contributed by atoms with Gasteiger partial charge in [-0.05, 0) is 62.0 Å². The fraction of sp³-hybridized carbons (Fsp3) is 0.750. The normalized spacial score (nSPS) is 51.7. The molecular formula is C24H32O7. The Balaban J connectivity index is 1.60. The van der Waals surface area contributed by atoms with Crippen LogP contribution in [0.1, 0.15) is 70.3 Å². The van der Waals surface area contributed by atoms with Crippen LogP contribution in [0, 0.1) is 22.7 Å². The van der Waals surface area contributed by atoms with Crippen molar-refractivity contribution in [2.24, 2.45) is 22.7 Å². The molecule has 4 N–H and O–H groups in total. The molecule has 4 aliphatic rings. The van der Waals surface area contributed by atoms with Gasteiger partial charge in [0.1, 0.15) is 6.10 Å². The number of hydrogen-bond acceptors (Lipinski definition) is 7. The van der Waals surface area contributed by atoms with Crippen LogP contribution < -0.4 is 5.63 Å². The average Bonchev–Trinajstić information content (AvgIpc) is 3.00. The van der Waals surface area contributed by atoms with Gasteiger partial charge in [-0.2, -0.15) is 0 Å². The zero-order valence-electron chi connectivity index (χ0n) is 18.1. The quantitative estimate of drug-likeness (QED) is 0.529. The highest BCUT2D eigenvalue weighted by molar-refractivity contribution is 5.89. The van der Waals surface area contributed by atoms with Crippen molar-refractivity contribution in [2.75, 3.05) is 0 Å². The Bertz CT molecular complexity index is 952. The van der Waals surface area contributed by atoms with Gasteiger partial charge in [-0.25, -0.2) is 4.79 Å². The van der Waals surface area contributed by atoms with Crippen molar-refractivity contribution in [1.82, 2.24) is 0 Å². The van der Waals surface area contributed by atoms with Gasteiger partial charge in [0.25, 0.3) is 0 Å². The van der Waals surface area contributed by atoms with E-state index >= 15 is 0 Å². The minimum absolute atomic E-state index is 0.220. The smallest absolute Gasteiger partial charge is 0.335 e. The van der Waals surface area contributed by atoms with Gasteiger partial charge in [0.05, 0.1) is 23.6 Å². The van der Waals surface area contributed by atoms with E-state index in [1.165, 1.54) is 12.3 Å². The van der Waals surface area contributed by atoms with Crippen molar-refractivity contribution in [3.05, 3.63) is 34.4 Å². The summed E-state index contributed by atoms with van der Waals surface area (Å²) in [6, 6.07) is 2.98. The third kappa shape index (κ3) is 2.49. The van der Waals surface area contributed by atoms with Crippen molar-refractivity contribution >= 4 is 5.78 Å². The molecule has 7 nitrogen and oxygen atoms in total. The summed E-state index contributed by atoms with van der Waals surface area (Å²) in [4.78, 5) is 25.2. The number of ketones is 1. The van der Waals surface area contributed by atoms with Gasteiger partial charge in [0.2, 0.25) is 0 Å². The second-order valence-electron chi connectivity index (χ2n) is 11.0. The van der Waals surface area contributed by atoms with E-state index in [4.69, 9.17) is 4.42 Å². The van der Waals surface area contributed by atoms with E-state index in [2.05, 4.69) is 0 Å². The SMILES string of the molecule is C[C@@]12[C@H](O)C(=O)[C@H]3[C@H](CC[C@]4(O)C[C@@H](O)CC[C@]34C)[C@@]1(O)CC[C@@H]2c1ccc(=O)oc1. The Morgan fingerprint density at radius 3 is 2.42 bits per heavy atom. The molecular weight excluding hydrogens is 400 g/mol. The fourth-order valence-corrected chi connectivity index (χ4v) is 8.08. The van der Waals surface area contributed by atoms with Crippen LogP contribution in [-0.2, 0) is 4.79 Å². The number of aliphatic hydroxyl groups excluding tert-OH is 2. The van der Waals surface area contributed by atoms with E-state index in [-0.39, 0.29) is 24.0 Å². The van der Waals surface area contributed by atoms with Gasteiger partial charge in [0, 0.05) is 29.2 Å². The van der Waals surface area contributed by atoms with Crippen molar-refractivity contribution in [3.63, 3.8) is 0 Å². The van der Waals surface area contributed by atoms with Gasteiger partial charge >= 0.3 is 5.63 Å². The molecule has 0 unspecified atom stereocenters. The summed E-state index contributed by atoms with van der Waals surface area (Å²) in [7, 11) is 0. The zero-order valence-corrected chi connectivity index (χ0v) is 18.1. The first-order valence-corrected chi connectivity index (χ1v) is 11.4. The number of rotatable bonds is 1. The maximum absolute atomic E-state index is 13.8. The van der Waals surface area contributed by atoms with E-state index in [0.717, 1.165) is 0 Å². The molecule has 4 saturated carbocycles. The lowest BCUT2D eigenvalue weighted by molar-refractivity contribution is -0.260. The lowest BCUT2D eigenvalue weighted by Gasteiger charge is -2.65. The average molecular weight is 433 g/mol. The first-order chi connectivity index (χ1) is 14.5. The number of Topliss-reactive ketones (excluding diaryl/α,β-unsaturated/α-hetero) is 1. The Hall–Kier alpha value is -1.54. The Morgan fingerprint density at radius 1 is 1.00 bits per heavy atom. The predicted octanol–water partition coefficient (Wildman–Crippen LogP) is 1.51. The van der Waals surface area contributed by atoms with Crippen molar-refractivity contribution in [3.8, 4) is 0 Å². The van der Waals surface area contributed by atoms with Crippen LogP contribution >= 0.6 is 0 Å². The summed E-state index contributed by atoms with van der Waals surface area (Å²) < 4.78 is 5.05. The molecule has 1 aromatic rings. The highest BCUT2D eigenvalue weighted by Crippen LogP contribution is 2.70. The molecule has 170 valence electrons. The monoisotopic (exact) mass is 432 g/mol. The predicted molar refractivity (Wildman–Crippen MR) is 110 cm³/mol. The standard InChI is InChI=1S/C24H32O7/c1-21-8-5-14(25)11-23(21,29)9-6-16-18(21)19(27)20(28)22(2)15(7-10-24(16,22)30)13-3-4-17(26)31-12-13/h3-4,12,14-16,18,20,25,28-30H,5-11H2,1-2H3/t14-,15+,16-,18+,20+,21+,22+,23-,24-/m0/s1. The molecule has 4 fully saturated rings. The molecule has 0 aromatic carbocycles. The van der Waals surface area contributed by atoms with E-state index < -0.39 is 45.8 Å². The topological polar surface area (TPSA) is 128 Å². The van der Waals surface area contributed by atoms with Crippen molar-refractivity contribution < 1.29 is 29.6 Å². The van der Waals surface area contributed by atoms with Crippen LogP contribution in [0.3, 0.4) is 0 Å². The molecule has 5 rings (SSSR count). The van der Waals surface area contributed by atoms with Crippen LogP contribution in [0.2, 0.25) is 0 Å². The van der Waals surface area contributed by atoms with Gasteiger partial charge in [0.15, 0.2) is 5.78 Å². The molecule has 0 saturated heterocycles. The first-order valence-electron chi connectivity index (χ1n) is 11.4. The first kappa shape index (κ1) is 21.3. The molecule has 4 aliphatic carbocycles. The minimum Gasteiger partial charge on any atom is -0.431 e. The van der Waals surface area contributed by atoms with E-state index in [1.807, 2.05) is 6.92 Å². The summed E-state index contributed by atoms with van der Waals surface area (Å²) in [6.45, 7) is 3.67. The summed E-state index contributed by atoms with van der Waals surface area (Å²) in [5.41, 5.74) is -4.17. The van der Waals surface area contributed by atoms with Gasteiger partial charge in [-0.1, -0.05) is 13.8 Å². The van der Waals surface area contributed by atoms with Crippen LogP contribution in [0.4, 0.5) is 0 Å². The third-order valence-electron chi connectivity index (χ3n) is 9.94. The van der Waals surface area contributed by atoms with Crippen LogP contribution in [-0.4, -0.2) is 49.6 Å². The highest BCUT2D eigenvalue weighted by atomic mass is 16.4. The van der Waals surface area contributed by atoms with Gasteiger partial charge in [-0.15, -0.1) is 0 Å². The summed E-state index contributed by atoms with van der Waals surface area (Å²) in [5, 5.41) is 45.2. The lowest BCUT2D eigenvalue weighted by atomic mass is 9.41. The molecule has 0 amide bonds. The van der Waals surface area contributed by atoms with Crippen molar-refractivity contribution in [1.29, 1.82) is 0 Å². The van der Waals surface area contributed by atoms with Crippen LogP contribution in [0.5, 0.6) is 0 Å². The number of fused-ring (bicyclic) bond motifs is 5. The summed E-state index contributed by atoms with van der Waals surface area (Å²) in [5.74, 6) is -1.70. The van der Waals surface area contributed by atoms with Crippen LogP contribution in [0.25, 0.3) is 0 Å². The Morgan fingerprint density at radius 2 is 1.74 bits per heavy atom. The van der Waals surface area contributed by atoms with E-state index in [1.54, 1.807) is 13.0 Å². The maximum atomic E-state index is 13.8. The zero-order chi connectivity index (χ0) is 22.4. The van der Waals surface area contributed by atoms with Gasteiger partial charge < -0.3 is 24.8 Å². The largest absolute Gasteiger partial charge is 0.431 e. The molecule has 1 heterocycles. The molecule has 0 radical (unpaired) electrons. The summed E-state index contributed by atoms with van der Waals surface area (Å²) >= 11 is 0. The van der Waals surface area contributed by atoms with Gasteiger partial charge in [-0.3, -0.25) is 4.79 Å². The van der Waals surface area contributed by atoms with Crippen LogP contribution in [0.15, 0.2) is 27.6 Å². The molecule has 1 aromatic heterocycles. The number of carbonyl (C=O) groups excluding carboxylic acids is 1. The molecule has 0 bridgehead atoms. The van der Waals surface area contributed by atoms with Crippen molar-refractivity contribution in [2.45, 2.75) is 88.1 Å².